The summed E-state index contributed by atoms with van der Waals surface area (Å²) in [5.74, 6) is 0.721. The van der Waals surface area contributed by atoms with Crippen LogP contribution in [-0.2, 0) is 5.33 Å². The van der Waals surface area contributed by atoms with Crippen LogP contribution in [0.5, 0.6) is 5.75 Å². The van der Waals surface area contributed by atoms with Gasteiger partial charge in [-0.25, -0.2) is 4.98 Å². The predicted molar refractivity (Wildman–Crippen MR) is 96.6 cm³/mol. The maximum absolute atomic E-state index is 12.8. The van der Waals surface area contributed by atoms with Gasteiger partial charge in [-0.05, 0) is 24.3 Å². The second-order valence-electron chi connectivity index (χ2n) is 4.85. The molecule has 3 nitrogen and oxygen atoms in total. The number of ether oxygens (including phenoxy) is 1. The van der Waals surface area contributed by atoms with E-state index in [1.165, 1.54) is 11.3 Å². The minimum absolute atomic E-state index is 0.0122. The predicted octanol–water partition coefficient (Wildman–Crippen LogP) is 4.94. The number of methoxy groups -OCH3 is 1. The third-order valence-corrected chi connectivity index (χ3v) is 5.08. The van der Waals surface area contributed by atoms with E-state index in [0.717, 1.165) is 22.0 Å². The number of aromatic nitrogens is 1. The first-order chi connectivity index (χ1) is 11.2. The molecule has 0 aliphatic carbocycles. The van der Waals surface area contributed by atoms with E-state index in [0.29, 0.717) is 15.8 Å². The minimum Gasteiger partial charge on any atom is -0.497 e. The number of halogens is 1. The summed E-state index contributed by atoms with van der Waals surface area (Å²) in [6, 6.07) is 17.0. The Morgan fingerprint density at radius 3 is 2.43 bits per heavy atom. The van der Waals surface area contributed by atoms with Crippen LogP contribution in [0.4, 0.5) is 0 Å². The number of carbonyl (C=O) groups is 1. The largest absolute Gasteiger partial charge is 0.497 e. The molecule has 1 heterocycles. The van der Waals surface area contributed by atoms with Crippen molar-refractivity contribution in [2.24, 2.45) is 0 Å². The molecule has 0 spiro atoms. The Kier molecular flexibility index (Phi) is 4.88. The summed E-state index contributed by atoms with van der Waals surface area (Å²) in [6.45, 7) is 0. The van der Waals surface area contributed by atoms with Crippen molar-refractivity contribution in [1.29, 1.82) is 0 Å². The van der Waals surface area contributed by atoms with Gasteiger partial charge >= 0.3 is 0 Å². The second kappa shape index (κ2) is 7.06. The van der Waals surface area contributed by atoms with Gasteiger partial charge in [-0.2, -0.15) is 0 Å². The quantitative estimate of drug-likeness (QED) is 0.459. The molecular formula is C18H14BrNO2S. The highest BCUT2D eigenvalue weighted by Gasteiger charge is 2.19. The van der Waals surface area contributed by atoms with Crippen LogP contribution in [0.15, 0.2) is 54.6 Å². The van der Waals surface area contributed by atoms with E-state index in [1.54, 1.807) is 31.4 Å². The second-order valence-corrected chi connectivity index (χ2v) is 6.41. The van der Waals surface area contributed by atoms with Crippen LogP contribution in [0.3, 0.4) is 0 Å². The molecule has 3 rings (SSSR count). The summed E-state index contributed by atoms with van der Waals surface area (Å²) >= 11 is 4.86. The fraction of sp³-hybridized carbons (Fsp3) is 0.111. The van der Waals surface area contributed by atoms with E-state index in [9.17, 15) is 4.79 Å². The van der Waals surface area contributed by atoms with Crippen LogP contribution >= 0.6 is 27.3 Å². The monoisotopic (exact) mass is 387 g/mol. The average Bonchev–Trinajstić information content (AvgIpc) is 3.06. The molecular weight excluding hydrogens is 374 g/mol. The van der Waals surface area contributed by atoms with Gasteiger partial charge in [0, 0.05) is 16.5 Å². The Labute approximate surface area is 147 Å². The molecule has 0 aliphatic rings. The van der Waals surface area contributed by atoms with Gasteiger partial charge in [-0.15, -0.1) is 11.3 Å². The number of thiazole rings is 1. The molecule has 2 aromatic carbocycles. The lowest BCUT2D eigenvalue weighted by atomic mass is 10.1. The third kappa shape index (κ3) is 3.35. The van der Waals surface area contributed by atoms with Crippen LogP contribution < -0.4 is 4.74 Å². The van der Waals surface area contributed by atoms with E-state index >= 15 is 0 Å². The molecule has 5 heteroatoms. The Hall–Kier alpha value is -1.98. The fourth-order valence-corrected chi connectivity index (χ4v) is 3.84. The van der Waals surface area contributed by atoms with Gasteiger partial charge in [-0.1, -0.05) is 46.3 Å². The Balaban J connectivity index is 1.98. The molecule has 0 saturated heterocycles. The van der Waals surface area contributed by atoms with Crippen molar-refractivity contribution in [1.82, 2.24) is 4.98 Å². The minimum atomic E-state index is -0.0122. The third-order valence-electron chi connectivity index (χ3n) is 3.40. The highest BCUT2D eigenvalue weighted by molar-refractivity contribution is 9.08. The summed E-state index contributed by atoms with van der Waals surface area (Å²) in [7, 11) is 1.61. The lowest BCUT2D eigenvalue weighted by Crippen LogP contribution is -2.01. The van der Waals surface area contributed by atoms with Gasteiger partial charge in [0.05, 0.1) is 17.7 Å². The molecule has 0 saturated carbocycles. The molecule has 0 atom stereocenters. The van der Waals surface area contributed by atoms with Crippen molar-refractivity contribution in [3.05, 3.63) is 70.7 Å². The smallest absolute Gasteiger partial charge is 0.204 e. The number of alkyl halides is 1. The van der Waals surface area contributed by atoms with Crippen molar-refractivity contribution in [3.8, 4) is 16.3 Å². The van der Waals surface area contributed by atoms with Gasteiger partial charge in [0.15, 0.2) is 0 Å². The zero-order valence-electron chi connectivity index (χ0n) is 12.5. The number of ketones is 1. The van der Waals surface area contributed by atoms with Gasteiger partial charge in [0.2, 0.25) is 5.78 Å². The lowest BCUT2D eigenvalue weighted by molar-refractivity contribution is 0.104. The maximum atomic E-state index is 12.8. The normalized spacial score (nSPS) is 10.5. The summed E-state index contributed by atoms with van der Waals surface area (Å²) in [5, 5.41) is 1.41. The first-order valence-electron chi connectivity index (χ1n) is 7.02. The summed E-state index contributed by atoms with van der Waals surface area (Å²) in [4.78, 5) is 18.1. The first-order valence-corrected chi connectivity index (χ1v) is 8.96. The topological polar surface area (TPSA) is 39.2 Å². The molecule has 0 amide bonds. The molecule has 3 aromatic rings. The fourth-order valence-electron chi connectivity index (χ4n) is 2.20. The van der Waals surface area contributed by atoms with Crippen LogP contribution in [0, 0.1) is 0 Å². The van der Waals surface area contributed by atoms with Crippen molar-refractivity contribution in [2.45, 2.75) is 5.33 Å². The highest BCUT2D eigenvalue weighted by Crippen LogP contribution is 2.31. The van der Waals surface area contributed by atoms with Crippen LogP contribution in [0.25, 0.3) is 10.6 Å². The van der Waals surface area contributed by atoms with E-state index in [1.807, 2.05) is 30.3 Å². The summed E-state index contributed by atoms with van der Waals surface area (Å²) in [5.41, 5.74) is 2.43. The zero-order valence-corrected chi connectivity index (χ0v) is 14.9. The van der Waals surface area contributed by atoms with E-state index in [2.05, 4.69) is 20.9 Å². The number of hydrogen-bond acceptors (Lipinski definition) is 4. The average molecular weight is 388 g/mol. The number of nitrogens with zero attached hydrogens (tertiary/aromatic N) is 1. The zero-order chi connectivity index (χ0) is 16.2. The SMILES string of the molecule is COc1ccc(C(=O)c2sc(-c3ccccc3)nc2CBr)cc1. The molecule has 116 valence electrons. The molecule has 1 aromatic heterocycles. The molecule has 0 unspecified atom stereocenters. The molecule has 0 radical (unpaired) electrons. The van der Waals surface area contributed by atoms with Crippen molar-refractivity contribution < 1.29 is 9.53 Å². The summed E-state index contributed by atoms with van der Waals surface area (Å²) in [6.07, 6.45) is 0. The molecule has 23 heavy (non-hydrogen) atoms. The van der Waals surface area contributed by atoms with Crippen molar-refractivity contribution >= 4 is 33.0 Å². The highest BCUT2D eigenvalue weighted by atomic mass is 79.9. The number of rotatable bonds is 5. The molecule has 0 bridgehead atoms. The Morgan fingerprint density at radius 1 is 1.13 bits per heavy atom. The maximum Gasteiger partial charge on any atom is 0.204 e. The van der Waals surface area contributed by atoms with E-state index in [4.69, 9.17) is 4.74 Å². The molecule has 0 aliphatic heterocycles. The van der Waals surface area contributed by atoms with E-state index < -0.39 is 0 Å². The summed E-state index contributed by atoms with van der Waals surface area (Å²) < 4.78 is 5.13. The molecule has 0 N–H and O–H groups in total. The Bertz CT molecular complexity index is 813. The van der Waals surface area contributed by atoms with Gasteiger partial charge in [0.25, 0.3) is 0 Å². The van der Waals surface area contributed by atoms with Crippen molar-refractivity contribution in [2.75, 3.05) is 7.11 Å². The standard InChI is InChI=1S/C18H14BrNO2S/c1-22-14-9-7-12(8-10-14)16(21)17-15(11-19)20-18(23-17)13-5-3-2-4-6-13/h2-10H,11H2,1H3. The van der Waals surface area contributed by atoms with Crippen LogP contribution in [-0.4, -0.2) is 17.9 Å². The van der Waals surface area contributed by atoms with Crippen LogP contribution in [0.2, 0.25) is 0 Å². The number of benzene rings is 2. The van der Waals surface area contributed by atoms with Crippen molar-refractivity contribution in [3.63, 3.8) is 0 Å². The first kappa shape index (κ1) is 15.9. The number of hydrogen-bond donors (Lipinski definition) is 0. The van der Waals surface area contributed by atoms with Gasteiger partial charge in [0.1, 0.15) is 10.8 Å². The lowest BCUT2D eigenvalue weighted by Gasteiger charge is -2.02. The molecule has 0 fully saturated rings. The van der Waals surface area contributed by atoms with Gasteiger partial charge in [-0.3, -0.25) is 4.79 Å². The van der Waals surface area contributed by atoms with Gasteiger partial charge < -0.3 is 4.74 Å². The Morgan fingerprint density at radius 2 is 1.83 bits per heavy atom. The number of carbonyl (C=O) groups excluding carboxylic acids is 1. The van der Waals surface area contributed by atoms with E-state index in [-0.39, 0.29) is 5.78 Å². The van der Waals surface area contributed by atoms with Crippen LogP contribution in [0.1, 0.15) is 20.9 Å².